The van der Waals surface area contributed by atoms with Gasteiger partial charge in [0.15, 0.2) is 5.76 Å². The van der Waals surface area contributed by atoms with Crippen LogP contribution in [0.2, 0.25) is 0 Å². The molecule has 0 saturated carbocycles. The Kier molecular flexibility index (Phi) is 4.53. The Morgan fingerprint density at radius 3 is 2.70 bits per heavy atom. The number of rotatable bonds is 4. The molecule has 140 valence electrons. The van der Waals surface area contributed by atoms with Crippen molar-refractivity contribution in [1.29, 1.82) is 0 Å². The summed E-state index contributed by atoms with van der Waals surface area (Å²) in [6, 6.07) is 3.29. The van der Waals surface area contributed by atoms with Crippen LogP contribution >= 0.6 is 11.3 Å². The third-order valence-corrected chi connectivity index (χ3v) is 5.56. The van der Waals surface area contributed by atoms with Crippen LogP contribution in [0.15, 0.2) is 28.3 Å². The number of carbonyl (C=O) groups is 2. The van der Waals surface area contributed by atoms with E-state index in [0.717, 1.165) is 16.0 Å². The Morgan fingerprint density at radius 2 is 2.04 bits per heavy atom. The molecule has 0 aliphatic carbocycles. The lowest BCUT2D eigenvalue weighted by atomic mass is 10.2. The van der Waals surface area contributed by atoms with Crippen LogP contribution in [0.4, 0.5) is 5.82 Å². The second-order valence-corrected chi connectivity index (χ2v) is 7.13. The Morgan fingerprint density at radius 1 is 1.26 bits per heavy atom. The van der Waals surface area contributed by atoms with Gasteiger partial charge in [-0.3, -0.25) is 4.79 Å². The smallest absolute Gasteiger partial charge is 0.339 e. The highest BCUT2D eigenvalue weighted by Crippen LogP contribution is 2.28. The van der Waals surface area contributed by atoms with Crippen LogP contribution in [0.25, 0.3) is 10.2 Å². The van der Waals surface area contributed by atoms with E-state index < -0.39 is 5.97 Å². The van der Waals surface area contributed by atoms with Gasteiger partial charge in [-0.2, -0.15) is 0 Å². The molecule has 0 unspecified atom stereocenters. The van der Waals surface area contributed by atoms with Gasteiger partial charge in [-0.05, 0) is 11.4 Å². The Bertz CT molecular complexity index is 1000. The number of fused-ring (bicyclic) bond motifs is 1. The molecule has 0 spiro atoms. The molecule has 0 bridgehead atoms. The highest BCUT2D eigenvalue weighted by atomic mass is 32.1. The molecule has 1 aliphatic rings. The molecule has 0 aromatic carbocycles. The molecule has 3 aromatic heterocycles. The third-order valence-electron chi connectivity index (χ3n) is 4.66. The van der Waals surface area contributed by atoms with Crippen LogP contribution < -0.4 is 4.90 Å². The number of aryl methyl sites for hydroxylation is 1. The Labute approximate surface area is 159 Å². The number of nitrogens with zero attached hydrogens (tertiary/aromatic N) is 4. The molecule has 3 aromatic rings. The van der Waals surface area contributed by atoms with Crippen LogP contribution in [0.3, 0.4) is 0 Å². The second kappa shape index (κ2) is 6.99. The molecule has 1 saturated heterocycles. The first-order valence-electron chi connectivity index (χ1n) is 8.67. The number of furan rings is 1. The lowest BCUT2D eigenvalue weighted by Gasteiger charge is -2.35. The monoisotopic (exact) mass is 386 g/mol. The summed E-state index contributed by atoms with van der Waals surface area (Å²) in [6.45, 7) is 4.11. The molecule has 9 heteroatoms. The minimum Gasteiger partial charge on any atom is -0.478 e. The molecule has 4 heterocycles. The number of hydrogen-bond donors (Lipinski definition) is 1. The minimum atomic E-state index is -1.08. The molecule has 4 rings (SSSR count). The first-order chi connectivity index (χ1) is 13.1. The number of aromatic nitrogens is 2. The van der Waals surface area contributed by atoms with E-state index in [9.17, 15) is 14.7 Å². The Balaban J connectivity index is 1.48. The summed E-state index contributed by atoms with van der Waals surface area (Å²) in [4.78, 5) is 36.5. The van der Waals surface area contributed by atoms with Crippen LogP contribution in [0.5, 0.6) is 0 Å². The Hall–Kier alpha value is -2.94. The number of carboxylic acid groups (broad SMARTS) is 1. The van der Waals surface area contributed by atoms with Gasteiger partial charge in [-0.25, -0.2) is 14.8 Å². The molecule has 1 amide bonds. The predicted molar refractivity (Wildman–Crippen MR) is 101 cm³/mol. The lowest BCUT2D eigenvalue weighted by Crippen LogP contribution is -2.49. The van der Waals surface area contributed by atoms with E-state index in [0.29, 0.717) is 38.4 Å². The molecule has 0 atom stereocenters. The standard InChI is InChI=1S/C18H18N4O4S/c1-2-13-11(18(24)25)9-14(26-13)17(23)22-6-4-21(5-7-22)16-15-12(3-8-27-15)19-10-20-16/h3,8-10H,2,4-7H2,1H3,(H,24,25). The van der Waals surface area contributed by atoms with Crippen molar-refractivity contribution in [3.63, 3.8) is 0 Å². The maximum atomic E-state index is 12.7. The van der Waals surface area contributed by atoms with Crippen molar-refractivity contribution < 1.29 is 19.1 Å². The summed E-state index contributed by atoms with van der Waals surface area (Å²) in [6.07, 6.45) is 1.98. The molecule has 1 N–H and O–H groups in total. The first-order valence-corrected chi connectivity index (χ1v) is 9.55. The van der Waals surface area contributed by atoms with E-state index in [-0.39, 0.29) is 17.2 Å². The maximum Gasteiger partial charge on any atom is 0.339 e. The van der Waals surface area contributed by atoms with Gasteiger partial charge in [0.05, 0.1) is 10.2 Å². The van der Waals surface area contributed by atoms with Crippen LogP contribution in [0, 0.1) is 0 Å². The van der Waals surface area contributed by atoms with Gasteiger partial charge in [-0.1, -0.05) is 6.92 Å². The lowest BCUT2D eigenvalue weighted by molar-refractivity contribution is 0.0690. The SMILES string of the molecule is CCc1oc(C(=O)N2CCN(c3ncnc4ccsc34)CC2)cc1C(=O)O. The fourth-order valence-electron chi connectivity index (χ4n) is 3.26. The average molecular weight is 386 g/mol. The molecule has 1 aliphatic heterocycles. The van der Waals surface area contributed by atoms with E-state index in [1.165, 1.54) is 6.07 Å². The van der Waals surface area contributed by atoms with E-state index >= 15 is 0 Å². The summed E-state index contributed by atoms with van der Waals surface area (Å²) < 4.78 is 6.54. The van der Waals surface area contributed by atoms with Gasteiger partial charge < -0.3 is 19.3 Å². The van der Waals surface area contributed by atoms with Crippen LogP contribution in [-0.4, -0.2) is 58.0 Å². The predicted octanol–water partition coefficient (Wildman–Crippen LogP) is 2.51. The van der Waals surface area contributed by atoms with E-state index in [4.69, 9.17) is 4.42 Å². The zero-order valence-electron chi connectivity index (χ0n) is 14.7. The number of aromatic carboxylic acids is 1. The van der Waals surface area contributed by atoms with E-state index in [1.807, 2.05) is 11.4 Å². The fourth-order valence-corrected chi connectivity index (χ4v) is 4.12. The van der Waals surface area contributed by atoms with Crippen molar-refractivity contribution in [2.75, 3.05) is 31.1 Å². The van der Waals surface area contributed by atoms with Crippen molar-refractivity contribution in [2.45, 2.75) is 13.3 Å². The van der Waals surface area contributed by atoms with Crippen LogP contribution in [0.1, 0.15) is 33.6 Å². The molecule has 8 nitrogen and oxygen atoms in total. The average Bonchev–Trinajstić information content (AvgIpc) is 3.34. The number of carboxylic acids is 1. The molecule has 0 radical (unpaired) electrons. The summed E-state index contributed by atoms with van der Waals surface area (Å²) in [5.74, 6) is -0.0588. The summed E-state index contributed by atoms with van der Waals surface area (Å²) in [7, 11) is 0. The van der Waals surface area contributed by atoms with E-state index in [1.54, 1.807) is 29.5 Å². The number of carbonyl (C=O) groups excluding carboxylic acids is 1. The summed E-state index contributed by atoms with van der Waals surface area (Å²) in [5.41, 5.74) is 0.980. The normalized spacial score (nSPS) is 14.7. The summed E-state index contributed by atoms with van der Waals surface area (Å²) in [5, 5.41) is 11.2. The van der Waals surface area contributed by atoms with Crippen molar-refractivity contribution >= 4 is 39.2 Å². The van der Waals surface area contributed by atoms with Gasteiger partial charge in [-0.15, -0.1) is 11.3 Å². The van der Waals surface area contributed by atoms with Gasteiger partial charge in [0, 0.05) is 38.7 Å². The second-order valence-electron chi connectivity index (χ2n) is 6.22. The molecular weight excluding hydrogens is 368 g/mol. The van der Waals surface area contributed by atoms with Crippen molar-refractivity contribution in [2.24, 2.45) is 0 Å². The fraction of sp³-hybridized carbons (Fsp3) is 0.333. The molecule has 1 fully saturated rings. The quantitative estimate of drug-likeness (QED) is 0.735. The number of amides is 1. The first kappa shape index (κ1) is 17.5. The summed E-state index contributed by atoms with van der Waals surface area (Å²) >= 11 is 1.60. The zero-order chi connectivity index (χ0) is 19.0. The third kappa shape index (κ3) is 3.14. The largest absolute Gasteiger partial charge is 0.478 e. The zero-order valence-corrected chi connectivity index (χ0v) is 15.5. The number of hydrogen-bond acceptors (Lipinski definition) is 7. The number of piperazine rings is 1. The number of anilines is 1. The van der Waals surface area contributed by atoms with Crippen LogP contribution in [-0.2, 0) is 6.42 Å². The van der Waals surface area contributed by atoms with Gasteiger partial charge in [0.2, 0.25) is 0 Å². The minimum absolute atomic E-state index is 0.0561. The number of thiophene rings is 1. The van der Waals surface area contributed by atoms with Gasteiger partial charge in [0.25, 0.3) is 5.91 Å². The van der Waals surface area contributed by atoms with Gasteiger partial charge in [0.1, 0.15) is 23.5 Å². The topological polar surface area (TPSA) is 99.8 Å². The van der Waals surface area contributed by atoms with Crippen molar-refractivity contribution in [3.05, 3.63) is 40.9 Å². The molecule has 27 heavy (non-hydrogen) atoms. The van der Waals surface area contributed by atoms with Crippen molar-refractivity contribution in [3.8, 4) is 0 Å². The van der Waals surface area contributed by atoms with E-state index in [2.05, 4.69) is 14.9 Å². The highest BCUT2D eigenvalue weighted by Gasteiger charge is 2.28. The van der Waals surface area contributed by atoms with Crippen molar-refractivity contribution in [1.82, 2.24) is 14.9 Å². The van der Waals surface area contributed by atoms with Gasteiger partial charge >= 0.3 is 5.97 Å². The molecular formula is C18H18N4O4S. The maximum absolute atomic E-state index is 12.7. The highest BCUT2D eigenvalue weighted by molar-refractivity contribution is 7.17.